The predicted octanol–water partition coefficient (Wildman–Crippen LogP) is 1.39. The second-order valence-corrected chi connectivity index (χ2v) is 4.88. The molecule has 1 aliphatic carbocycles. The van der Waals surface area contributed by atoms with Crippen LogP contribution in [-0.4, -0.2) is 36.5 Å². The highest BCUT2D eigenvalue weighted by atomic mass is 16.2. The number of carbonyl (C=O) groups excluding carboxylic acids is 1. The van der Waals surface area contributed by atoms with Gasteiger partial charge in [-0.25, -0.2) is 0 Å². The van der Waals surface area contributed by atoms with Crippen molar-refractivity contribution in [2.24, 2.45) is 5.41 Å². The maximum Gasteiger partial charge on any atom is 0.230 e. The SMILES string of the molecule is CCN(C(=O)C1(CC)CCNC1)C1CC1. The summed E-state index contributed by atoms with van der Waals surface area (Å²) < 4.78 is 0. The Hall–Kier alpha value is -0.570. The molecule has 2 rings (SSSR count). The van der Waals surface area contributed by atoms with E-state index in [-0.39, 0.29) is 5.41 Å². The van der Waals surface area contributed by atoms with Crippen molar-refractivity contribution in [3.05, 3.63) is 0 Å². The van der Waals surface area contributed by atoms with Crippen LogP contribution in [0.15, 0.2) is 0 Å². The number of carbonyl (C=O) groups is 1. The monoisotopic (exact) mass is 210 g/mol. The van der Waals surface area contributed by atoms with Crippen LogP contribution in [0, 0.1) is 5.41 Å². The topological polar surface area (TPSA) is 32.3 Å². The summed E-state index contributed by atoms with van der Waals surface area (Å²) >= 11 is 0. The van der Waals surface area contributed by atoms with Crippen LogP contribution in [0.1, 0.15) is 39.5 Å². The molecule has 1 aliphatic heterocycles. The minimum absolute atomic E-state index is 0.0847. The highest BCUT2D eigenvalue weighted by molar-refractivity contribution is 5.84. The molecule has 0 aromatic heterocycles. The molecule has 1 heterocycles. The normalized spacial score (nSPS) is 30.5. The van der Waals surface area contributed by atoms with Crippen LogP contribution in [0.4, 0.5) is 0 Å². The predicted molar refractivity (Wildman–Crippen MR) is 60.6 cm³/mol. The van der Waals surface area contributed by atoms with Crippen LogP contribution in [0.3, 0.4) is 0 Å². The second kappa shape index (κ2) is 4.12. The van der Waals surface area contributed by atoms with Crippen molar-refractivity contribution in [2.75, 3.05) is 19.6 Å². The maximum absolute atomic E-state index is 12.5. The summed E-state index contributed by atoms with van der Waals surface area (Å²) in [7, 11) is 0. The third-order valence-electron chi connectivity index (χ3n) is 3.96. The van der Waals surface area contributed by atoms with Crippen molar-refractivity contribution in [3.8, 4) is 0 Å². The van der Waals surface area contributed by atoms with E-state index in [9.17, 15) is 4.79 Å². The third kappa shape index (κ3) is 1.89. The van der Waals surface area contributed by atoms with Gasteiger partial charge in [-0.2, -0.15) is 0 Å². The zero-order valence-corrected chi connectivity index (χ0v) is 9.88. The quantitative estimate of drug-likeness (QED) is 0.760. The Balaban J connectivity index is 2.09. The molecule has 0 radical (unpaired) electrons. The van der Waals surface area contributed by atoms with Crippen LogP contribution in [0.2, 0.25) is 0 Å². The van der Waals surface area contributed by atoms with E-state index >= 15 is 0 Å². The fourth-order valence-electron chi connectivity index (χ4n) is 2.64. The van der Waals surface area contributed by atoms with E-state index in [1.165, 1.54) is 12.8 Å². The lowest BCUT2D eigenvalue weighted by Gasteiger charge is -2.32. The van der Waals surface area contributed by atoms with Gasteiger partial charge in [0, 0.05) is 19.1 Å². The highest BCUT2D eigenvalue weighted by Crippen LogP contribution is 2.36. The molecule has 0 spiro atoms. The summed E-state index contributed by atoms with van der Waals surface area (Å²) in [5.41, 5.74) is -0.0847. The summed E-state index contributed by atoms with van der Waals surface area (Å²) in [6.07, 6.45) is 4.42. The van der Waals surface area contributed by atoms with Gasteiger partial charge in [0.15, 0.2) is 0 Å². The largest absolute Gasteiger partial charge is 0.339 e. The molecule has 0 aromatic carbocycles. The van der Waals surface area contributed by atoms with Gasteiger partial charge in [0.1, 0.15) is 0 Å². The summed E-state index contributed by atoms with van der Waals surface area (Å²) in [5, 5.41) is 3.34. The molecule has 15 heavy (non-hydrogen) atoms. The van der Waals surface area contributed by atoms with Gasteiger partial charge in [0.2, 0.25) is 5.91 Å². The van der Waals surface area contributed by atoms with E-state index in [4.69, 9.17) is 0 Å². The van der Waals surface area contributed by atoms with Crippen molar-refractivity contribution in [3.63, 3.8) is 0 Å². The number of amides is 1. The van der Waals surface area contributed by atoms with Gasteiger partial charge >= 0.3 is 0 Å². The van der Waals surface area contributed by atoms with Crippen LogP contribution < -0.4 is 5.32 Å². The third-order valence-corrected chi connectivity index (χ3v) is 3.96. The Morgan fingerprint density at radius 3 is 2.60 bits per heavy atom. The van der Waals surface area contributed by atoms with Crippen LogP contribution in [0.5, 0.6) is 0 Å². The van der Waals surface area contributed by atoms with Gasteiger partial charge in [-0.1, -0.05) is 6.92 Å². The van der Waals surface area contributed by atoms with Crippen molar-refractivity contribution >= 4 is 5.91 Å². The first-order chi connectivity index (χ1) is 7.23. The minimum Gasteiger partial charge on any atom is -0.339 e. The van der Waals surface area contributed by atoms with Gasteiger partial charge in [0.25, 0.3) is 0 Å². The van der Waals surface area contributed by atoms with Gasteiger partial charge in [-0.15, -0.1) is 0 Å². The summed E-state index contributed by atoms with van der Waals surface area (Å²) in [6.45, 7) is 7.01. The fraction of sp³-hybridized carbons (Fsp3) is 0.917. The molecule has 0 aromatic rings. The first-order valence-corrected chi connectivity index (χ1v) is 6.25. The van der Waals surface area contributed by atoms with Crippen LogP contribution in [-0.2, 0) is 4.79 Å². The standard InChI is InChI=1S/C12H22N2O/c1-3-12(7-8-13-9-12)11(15)14(4-2)10-5-6-10/h10,13H,3-9H2,1-2H3. The molecule has 2 aliphatic rings. The Morgan fingerprint density at radius 2 is 2.20 bits per heavy atom. The highest BCUT2D eigenvalue weighted by Gasteiger charge is 2.45. The molecule has 1 N–H and O–H groups in total. The minimum atomic E-state index is -0.0847. The van der Waals surface area contributed by atoms with Gasteiger partial charge in [-0.3, -0.25) is 4.79 Å². The number of nitrogens with zero attached hydrogens (tertiary/aromatic N) is 1. The van der Waals surface area contributed by atoms with Crippen molar-refractivity contribution in [1.82, 2.24) is 10.2 Å². The Bertz CT molecular complexity index is 242. The number of hydrogen-bond acceptors (Lipinski definition) is 2. The van der Waals surface area contributed by atoms with Crippen LogP contribution >= 0.6 is 0 Å². The molecule has 86 valence electrons. The van der Waals surface area contributed by atoms with E-state index in [0.29, 0.717) is 11.9 Å². The van der Waals surface area contributed by atoms with E-state index in [1.807, 2.05) is 0 Å². The second-order valence-electron chi connectivity index (χ2n) is 4.88. The van der Waals surface area contributed by atoms with Crippen LogP contribution in [0.25, 0.3) is 0 Å². The zero-order valence-electron chi connectivity index (χ0n) is 9.88. The first kappa shape index (κ1) is 10.9. The number of hydrogen-bond donors (Lipinski definition) is 1. The van der Waals surface area contributed by atoms with Crippen molar-refractivity contribution in [2.45, 2.75) is 45.6 Å². The molecule has 1 saturated carbocycles. The molecule has 3 nitrogen and oxygen atoms in total. The molecule has 3 heteroatoms. The number of rotatable bonds is 4. The molecule has 1 saturated heterocycles. The lowest BCUT2D eigenvalue weighted by molar-refractivity contribution is -0.141. The van der Waals surface area contributed by atoms with Gasteiger partial charge in [0.05, 0.1) is 5.41 Å². The lowest BCUT2D eigenvalue weighted by atomic mass is 9.82. The average molecular weight is 210 g/mol. The molecule has 1 atom stereocenters. The Morgan fingerprint density at radius 1 is 1.47 bits per heavy atom. The van der Waals surface area contributed by atoms with Gasteiger partial charge < -0.3 is 10.2 Å². The van der Waals surface area contributed by atoms with Gasteiger partial charge in [-0.05, 0) is 39.2 Å². The zero-order chi connectivity index (χ0) is 10.9. The fourth-order valence-corrected chi connectivity index (χ4v) is 2.64. The molecule has 0 bridgehead atoms. The summed E-state index contributed by atoms with van der Waals surface area (Å²) in [5.74, 6) is 0.403. The van der Waals surface area contributed by atoms with Crippen molar-refractivity contribution < 1.29 is 4.79 Å². The smallest absolute Gasteiger partial charge is 0.230 e. The van der Waals surface area contributed by atoms with E-state index in [1.54, 1.807) is 0 Å². The Kier molecular flexibility index (Phi) is 3.01. The average Bonchev–Trinajstić information content (AvgIpc) is 2.97. The molecular formula is C12H22N2O. The summed E-state index contributed by atoms with van der Waals surface area (Å²) in [4.78, 5) is 14.6. The molecular weight excluding hydrogens is 188 g/mol. The lowest BCUT2D eigenvalue weighted by Crippen LogP contribution is -2.46. The van der Waals surface area contributed by atoms with E-state index in [0.717, 1.165) is 32.5 Å². The Labute approximate surface area is 92.2 Å². The van der Waals surface area contributed by atoms with E-state index < -0.39 is 0 Å². The first-order valence-electron chi connectivity index (χ1n) is 6.25. The van der Waals surface area contributed by atoms with Crippen molar-refractivity contribution in [1.29, 1.82) is 0 Å². The summed E-state index contributed by atoms with van der Waals surface area (Å²) in [6, 6.07) is 0.562. The molecule has 1 unspecified atom stereocenters. The molecule has 2 fully saturated rings. The molecule has 1 amide bonds. The maximum atomic E-state index is 12.5. The van der Waals surface area contributed by atoms with E-state index in [2.05, 4.69) is 24.1 Å². The number of nitrogens with one attached hydrogen (secondary N) is 1.